The van der Waals surface area contributed by atoms with Crippen molar-refractivity contribution >= 4 is 10.8 Å². The molecule has 1 aliphatic heterocycles. The molecule has 1 saturated heterocycles. The lowest BCUT2D eigenvalue weighted by Gasteiger charge is -2.28. The van der Waals surface area contributed by atoms with Crippen molar-refractivity contribution < 1.29 is 17.4 Å². The Balaban J connectivity index is 2.22. The van der Waals surface area contributed by atoms with E-state index >= 15 is 0 Å². The van der Waals surface area contributed by atoms with Gasteiger partial charge in [0.2, 0.25) is 0 Å². The number of halogens is 3. The molecule has 18 heavy (non-hydrogen) atoms. The van der Waals surface area contributed by atoms with Crippen molar-refractivity contribution in [1.29, 1.82) is 0 Å². The van der Waals surface area contributed by atoms with Crippen LogP contribution in [-0.4, -0.2) is 21.8 Å². The van der Waals surface area contributed by atoms with E-state index in [-0.39, 0.29) is 11.3 Å². The molecule has 1 fully saturated rings. The van der Waals surface area contributed by atoms with Gasteiger partial charge >= 0.3 is 6.18 Å². The Morgan fingerprint density at radius 2 is 2.11 bits per heavy atom. The molecular weight excluding hydrogens is 263 g/mol. The Bertz CT molecular complexity index is 461. The first-order valence-corrected chi connectivity index (χ1v) is 7.04. The van der Waals surface area contributed by atoms with Gasteiger partial charge in [-0.1, -0.05) is 12.1 Å². The molecule has 0 amide bonds. The highest BCUT2D eigenvalue weighted by atomic mass is 32.2. The summed E-state index contributed by atoms with van der Waals surface area (Å²) in [5, 5.41) is 3.18. The van der Waals surface area contributed by atoms with Crippen LogP contribution in [0.15, 0.2) is 24.3 Å². The molecule has 2 rings (SSSR count). The van der Waals surface area contributed by atoms with Gasteiger partial charge in [-0.05, 0) is 24.6 Å². The van der Waals surface area contributed by atoms with Crippen LogP contribution in [0.3, 0.4) is 0 Å². The zero-order valence-electron chi connectivity index (χ0n) is 9.83. The largest absolute Gasteiger partial charge is 0.416 e. The standard InChI is InChI=1S/C12H14F3NOS/c1-8-6-16-11(7-18(8)17)9-3-2-4-10(5-9)12(13,14)15/h2-5,8,11,16H,6-7H2,1H3. The molecule has 3 unspecified atom stereocenters. The molecule has 0 radical (unpaired) electrons. The Labute approximate surface area is 106 Å². The minimum Gasteiger partial charge on any atom is -0.308 e. The van der Waals surface area contributed by atoms with Crippen LogP contribution in [0.4, 0.5) is 13.2 Å². The Hall–Kier alpha value is -0.880. The van der Waals surface area contributed by atoms with Crippen molar-refractivity contribution in [1.82, 2.24) is 5.32 Å². The molecule has 1 aromatic rings. The molecule has 6 heteroatoms. The number of rotatable bonds is 1. The number of hydrogen-bond donors (Lipinski definition) is 1. The van der Waals surface area contributed by atoms with Crippen LogP contribution in [0.1, 0.15) is 24.1 Å². The van der Waals surface area contributed by atoms with Gasteiger partial charge in [-0.2, -0.15) is 13.2 Å². The third-order valence-corrected chi connectivity index (χ3v) is 4.77. The SMILES string of the molecule is CC1CNC(c2cccc(C(F)(F)F)c2)CS1=O. The summed E-state index contributed by atoms with van der Waals surface area (Å²) in [6, 6.07) is 4.95. The van der Waals surface area contributed by atoms with Gasteiger partial charge in [0.15, 0.2) is 0 Å². The van der Waals surface area contributed by atoms with E-state index in [4.69, 9.17) is 0 Å². The average molecular weight is 277 g/mol. The van der Waals surface area contributed by atoms with E-state index in [1.807, 2.05) is 6.92 Å². The van der Waals surface area contributed by atoms with Crippen LogP contribution in [0.2, 0.25) is 0 Å². The Morgan fingerprint density at radius 3 is 2.72 bits per heavy atom. The summed E-state index contributed by atoms with van der Waals surface area (Å²) in [6.45, 7) is 2.43. The molecule has 0 aromatic heterocycles. The van der Waals surface area contributed by atoms with Crippen molar-refractivity contribution in [3.8, 4) is 0 Å². The number of hydrogen-bond acceptors (Lipinski definition) is 2. The third kappa shape index (κ3) is 2.92. The van der Waals surface area contributed by atoms with Crippen molar-refractivity contribution in [2.24, 2.45) is 0 Å². The molecule has 1 aliphatic rings. The summed E-state index contributed by atoms with van der Waals surface area (Å²) >= 11 is 0. The van der Waals surface area contributed by atoms with Gasteiger partial charge in [0, 0.05) is 34.4 Å². The van der Waals surface area contributed by atoms with Gasteiger partial charge in [-0.3, -0.25) is 4.21 Å². The smallest absolute Gasteiger partial charge is 0.308 e. The van der Waals surface area contributed by atoms with Gasteiger partial charge in [-0.25, -0.2) is 0 Å². The minimum atomic E-state index is -4.34. The summed E-state index contributed by atoms with van der Waals surface area (Å²) < 4.78 is 49.5. The van der Waals surface area contributed by atoms with E-state index in [0.29, 0.717) is 17.9 Å². The Kier molecular flexibility index (Phi) is 3.77. The van der Waals surface area contributed by atoms with Crippen LogP contribution in [0.5, 0.6) is 0 Å². The number of alkyl halides is 3. The van der Waals surface area contributed by atoms with Gasteiger partial charge in [0.05, 0.1) is 5.56 Å². The van der Waals surface area contributed by atoms with Crippen LogP contribution in [0.25, 0.3) is 0 Å². The number of benzene rings is 1. The van der Waals surface area contributed by atoms with Crippen LogP contribution < -0.4 is 5.32 Å². The fourth-order valence-corrected chi connectivity index (χ4v) is 3.18. The lowest BCUT2D eigenvalue weighted by Crippen LogP contribution is -2.41. The second kappa shape index (κ2) is 5.01. The lowest BCUT2D eigenvalue weighted by molar-refractivity contribution is -0.137. The molecule has 2 nitrogen and oxygen atoms in total. The molecule has 1 aromatic carbocycles. The van der Waals surface area contributed by atoms with Gasteiger partial charge in [0.25, 0.3) is 0 Å². The lowest BCUT2D eigenvalue weighted by atomic mass is 10.0. The molecule has 0 saturated carbocycles. The molecule has 0 bridgehead atoms. The average Bonchev–Trinajstić information content (AvgIpc) is 2.32. The first-order valence-electron chi connectivity index (χ1n) is 5.65. The summed E-state index contributed by atoms with van der Waals surface area (Å²) in [5.74, 6) is 0.364. The van der Waals surface area contributed by atoms with E-state index in [2.05, 4.69) is 5.32 Å². The van der Waals surface area contributed by atoms with Gasteiger partial charge in [-0.15, -0.1) is 0 Å². The van der Waals surface area contributed by atoms with Crippen molar-refractivity contribution in [2.45, 2.75) is 24.4 Å². The highest BCUT2D eigenvalue weighted by molar-refractivity contribution is 7.85. The second-order valence-electron chi connectivity index (χ2n) is 4.44. The molecule has 0 spiro atoms. The highest BCUT2D eigenvalue weighted by Crippen LogP contribution is 2.31. The Morgan fingerprint density at radius 1 is 1.39 bits per heavy atom. The summed E-state index contributed by atoms with van der Waals surface area (Å²) in [5.41, 5.74) is -0.115. The van der Waals surface area contributed by atoms with Crippen LogP contribution >= 0.6 is 0 Å². The van der Waals surface area contributed by atoms with Gasteiger partial charge < -0.3 is 5.32 Å². The first kappa shape index (κ1) is 13.5. The molecule has 1 heterocycles. The topological polar surface area (TPSA) is 29.1 Å². The molecule has 100 valence electrons. The summed E-state index contributed by atoms with van der Waals surface area (Å²) in [4.78, 5) is 0. The second-order valence-corrected chi connectivity index (χ2v) is 6.34. The van der Waals surface area contributed by atoms with E-state index < -0.39 is 22.5 Å². The predicted octanol–water partition coefficient (Wildman–Crippen LogP) is 2.49. The van der Waals surface area contributed by atoms with Crippen molar-refractivity contribution in [3.05, 3.63) is 35.4 Å². The van der Waals surface area contributed by atoms with Crippen molar-refractivity contribution in [3.63, 3.8) is 0 Å². The zero-order chi connectivity index (χ0) is 13.3. The van der Waals surface area contributed by atoms with Gasteiger partial charge in [0.1, 0.15) is 0 Å². The fraction of sp³-hybridized carbons (Fsp3) is 0.500. The van der Waals surface area contributed by atoms with E-state index in [0.717, 1.165) is 12.1 Å². The quantitative estimate of drug-likeness (QED) is 0.854. The molecular formula is C12H14F3NOS. The molecule has 3 atom stereocenters. The normalized spacial score (nSPS) is 29.2. The molecule has 0 aliphatic carbocycles. The van der Waals surface area contributed by atoms with Crippen LogP contribution in [-0.2, 0) is 17.0 Å². The van der Waals surface area contributed by atoms with E-state index in [1.165, 1.54) is 6.07 Å². The zero-order valence-corrected chi connectivity index (χ0v) is 10.6. The van der Waals surface area contributed by atoms with E-state index in [1.54, 1.807) is 6.07 Å². The maximum atomic E-state index is 12.6. The van der Waals surface area contributed by atoms with E-state index in [9.17, 15) is 17.4 Å². The third-order valence-electron chi connectivity index (χ3n) is 3.05. The summed E-state index contributed by atoms with van der Waals surface area (Å²) in [6.07, 6.45) is -4.34. The minimum absolute atomic E-state index is 0.0482. The summed E-state index contributed by atoms with van der Waals surface area (Å²) in [7, 11) is -0.987. The highest BCUT2D eigenvalue weighted by Gasteiger charge is 2.32. The molecule has 1 N–H and O–H groups in total. The number of nitrogens with one attached hydrogen (secondary N) is 1. The van der Waals surface area contributed by atoms with Crippen LogP contribution in [0, 0.1) is 0 Å². The first-order chi connectivity index (χ1) is 8.38. The maximum absolute atomic E-state index is 12.6. The monoisotopic (exact) mass is 277 g/mol. The van der Waals surface area contributed by atoms with Crippen molar-refractivity contribution in [2.75, 3.05) is 12.3 Å². The fourth-order valence-electron chi connectivity index (χ4n) is 1.93. The maximum Gasteiger partial charge on any atom is 0.416 e. The predicted molar refractivity (Wildman–Crippen MR) is 64.7 cm³/mol.